The third kappa shape index (κ3) is 4.12. The van der Waals surface area contributed by atoms with Crippen LogP contribution in [0.2, 0.25) is 5.02 Å². The van der Waals surface area contributed by atoms with Gasteiger partial charge in [0.2, 0.25) is 5.91 Å². The van der Waals surface area contributed by atoms with Crippen LogP contribution in [-0.4, -0.2) is 39.5 Å². The Morgan fingerprint density at radius 3 is 2.53 bits per heavy atom. The van der Waals surface area contributed by atoms with Crippen LogP contribution < -0.4 is 20.3 Å². The van der Waals surface area contributed by atoms with Crippen LogP contribution in [0.15, 0.2) is 53.6 Å². The first-order chi connectivity index (χ1) is 15.4. The Hall–Kier alpha value is -3.92. The molecule has 9 nitrogen and oxygen atoms in total. The maximum atomic E-state index is 13.2. The van der Waals surface area contributed by atoms with E-state index in [1.807, 2.05) is 0 Å². The smallest absolute Gasteiger partial charge is 0.293 e. The van der Waals surface area contributed by atoms with Gasteiger partial charge in [0.15, 0.2) is 0 Å². The number of anilines is 1. The van der Waals surface area contributed by atoms with Gasteiger partial charge in [-0.05, 0) is 36.4 Å². The van der Waals surface area contributed by atoms with E-state index in [2.05, 4.69) is 15.5 Å². The number of fused-ring (bicyclic) bond motifs is 1. The molecule has 0 bridgehead atoms. The number of carbonyl (C=O) groups excluding carboxylic acids is 1. The summed E-state index contributed by atoms with van der Waals surface area (Å²) in [6, 6.07) is 10.3. The van der Waals surface area contributed by atoms with Gasteiger partial charge in [-0.3, -0.25) is 9.59 Å². The first-order valence-electron chi connectivity index (χ1n) is 9.32. The summed E-state index contributed by atoms with van der Waals surface area (Å²) in [5.74, 6) is -0.151. The van der Waals surface area contributed by atoms with Crippen molar-refractivity contribution in [1.29, 1.82) is 0 Å². The van der Waals surface area contributed by atoms with Crippen molar-refractivity contribution in [3.8, 4) is 22.8 Å². The summed E-state index contributed by atoms with van der Waals surface area (Å²) < 4.78 is 25.9. The SMILES string of the molecule is COc1cc(OC)c(NC(=O)Cn2ncn3nc(-c4ccc(F)cc4)cc3c2=O)cc1Cl. The number of carbonyl (C=O) groups is 1. The van der Waals surface area contributed by atoms with E-state index in [1.54, 1.807) is 18.2 Å². The molecule has 0 unspecified atom stereocenters. The van der Waals surface area contributed by atoms with Crippen LogP contribution in [0.5, 0.6) is 11.5 Å². The van der Waals surface area contributed by atoms with E-state index in [4.69, 9.17) is 21.1 Å². The summed E-state index contributed by atoms with van der Waals surface area (Å²) in [5.41, 5.74) is 1.15. The monoisotopic (exact) mass is 457 g/mol. The average molecular weight is 458 g/mol. The highest BCUT2D eigenvalue weighted by Gasteiger charge is 2.15. The molecule has 11 heteroatoms. The fourth-order valence-corrected chi connectivity index (χ4v) is 3.34. The normalized spacial score (nSPS) is 10.9. The van der Waals surface area contributed by atoms with Crippen LogP contribution in [0.3, 0.4) is 0 Å². The zero-order chi connectivity index (χ0) is 22.8. The second kappa shape index (κ2) is 8.67. The Morgan fingerprint density at radius 1 is 1.12 bits per heavy atom. The molecule has 0 saturated carbocycles. The first-order valence-corrected chi connectivity index (χ1v) is 9.70. The molecule has 2 aromatic heterocycles. The minimum absolute atomic E-state index is 0.220. The van der Waals surface area contributed by atoms with E-state index in [9.17, 15) is 14.0 Å². The molecule has 0 aliphatic rings. The Balaban J connectivity index is 1.59. The maximum Gasteiger partial charge on any atom is 0.293 e. The lowest BCUT2D eigenvalue weighted by atomic mass is 10.1. The number of nitrogens with zero attached hydrogens (tertiary/aromatic N) is 4. The van der Waals surface area contributed by atoms with Crippen LogP contribution in [0.4, 0.5) is 10.1 Å². The summed E-state index contributed by atoms with van der Waals surface area (Å²) in [6.45, 7) is -0.348. The Labute approximate surface area is 185 Å². The van der Waals surface area contributed by atoms with Crippen molar-refractivity contribution in [3.05, 3.63) is 70.0 Å². The number of ether oxygens (including phenoxy) is 2. The molecule has 0 atom stereocenters. The van der Waals surface area contributed by atoms with Gasteiger partial charge in [0.25, 0.3) is 5.56 Å². The van der Waals surface area contributed by atoms with Gasteiger partial charge < -0.3 is 14.8 Å². The fourth-order valence-electron chi connectivity index (χ4n) is 3.10. The molecule has 2 aromatic carbocycles. The van der Waals surface area contributed by atoms with Crippen LogP contribution in [0.1, 0.15) is 0 Å². The first kappa shape index (κ1) is 21.3. The van der Waals surface area contributed by atoms with Crippen molar-refractivity contribution >= 4 is 28.7 Å². The summed E-state index contributed by atoms with van der Waals surface area (Å²) in [5, 5.41) is 11.2. The minimum Gasteiger partial charge on any atom is -0.495 e. The number of rotatable bonds is 6. The minimum atomic E-state index is -0.512. The zero-order valence-corrected chi connectivity index (χ0v) is 17.8. The molecule has 1 N–H and O–H groups in total. The molecule has 4 rings (SSSR count). The van der Waals surface area contributed by atoms with Gasteiger partial charge in [-0.2, -0.15) is 10.2 Å². The molecular weight excluding hydrogens is 441 g/mol. The standard InChI is InChI=1S/C21H17ClFN5O4/c1-31-18-9-19(32-2)16(7-14(18)22)25-20(29)10-27-21(30)17-8-15(26-28(17)11-24-27)12-3-5-13(23)6-4-12/h3-9,11H,10H2,1-2H3,(H,25,29). The van der Waals surface area contributed by atoms with E-state index >= 15 is 0 Å². The Bertz CT molecular complexity index is 1370. The largest absolute Gasteiger partial charge is 0.495 e. The van der Waals surface area contributed by atoms with Crippen molar-refractivity contribution < 1.29 is 18.7 Å². The maximum absolute atomic E-state index is 13.2. The van der Waals surface area contributed by atoms with Crippen molar-refractivity contribution in [2.45, 2.75) is 6.54 Å². The molecule has 164 valence electrons. The molecule has 1 amide bonds. The van der Waals surface area contributed by atoms with Gasteiger partial charge in [-0.15, -0.1) is 0 Å². The van der Waals surface area contributed by atoms with Crippen molar-refractivity contribution in [1.82, 2.24) is 19.4 Å². The molecular formula is C21H17ClFN5O4. The van der Waals surface area contributed by atoms with Gasteiger partial charge in [-0.25, -0.2) is 13.6 Å². The summed E-state index contributed by atoms with van der Waals surface area (Å²) in [4.78, 5) is 25.4. The van der Waals surface area contributed by atoms with Gasteiger partial charge in [0.05, 0.1) is 30.6 Å². The summed E-state index contributed by atoms with van der Waals surface area (Å²) in [6.07, 6.45) is 1.32. The van der Waals surface area contributed by atoms with Crippen molar-refractivity contribution in [2.75, 3.05) is 19.5 Å². The second-order valence-electron chi connectivity index (χ2n) is 6.70. The van der Waals surface area contributed by atoms with Gasteiger partial charge in [-0.1, -0.05) is 11.6 Å². The highest BCUT2D eigenvalue weighted by molar-refractivity contribution is 6.32. The number of amides is 1. The van der Waals surface area contributed by atoms with Crippen LogP contribution in [0, 0.1) is 5.82 Å². The molecule has 0 saturated heterocycles. The lowest BCUT2D eigenvalue weighted by Gasteiger charge is -2.13. The molecule has 2 heterocycles. The van der Waals surface area contributed by atoms with E-state index < -0.39 is 11.5 Å². The molecule has 0 aliphatic heterocycles. The number of benzene rings is 2. The predicted molar refractivity (Wildman–Crippen MR) is 116 cm³/mol. The molecule has 4 aromatic rings. The number of nitrogens with one attached hydrogen (secondary N) is 1. The van der Waals surface area contributed by atoms with Crippen molar-refractivity contribution in [3.63, 3.8) is 0 Å². The van der Waals surface area contributed by atoms with E-state index in [0.29, 0.717) is 28.4 Å². The van der Waals surface area contributed by atoms with E-state index in [0.717, 1.165) is 4.68 Å². The Kier molecular flexibility index (Phi) is 5.78. The average Bonchev–Trinajstić information content (AvgIpc) is 3.21. The number of hydrogen-bond acceptors (Lipinski definition) is 6. The number of aromatic nitrogens is 4. The molecule has 0 radical (unpaired) electrons. The fraction of sp³-hybridized carbons (Fsp3) is 0.143. The van der Waals surface area contributed by atoms with E-state index in [1.165, 1.54) is 49.3 Å². The van der Waals surface area contributed by atoms with Crippen LogP contribution in [0.25, 0.3) is 16.8 Å². The second-order valence-corrected chi connectivity index (χ2v) is 7.10. The van der Waals surface area contributed by atoms with Gasteiger partial charge in [0, 0.05) is 11.6 Å². The van der Waals surface area contributed by atoms with Crippen molar-refractivity contribution in [2.24, 2.45) is 0 Å². The predicted octanol–water partition coefficient (Wildman–Crippen LogP) is 3.01. The molecule has 0 fully saturated rings. The van der Waals surface area contributed by atoms with E-state index in [-0.39, 0.29) is 22.9 Å². The Morgan fingerprint density at radius 2 is 1.84 bits per heavy atom. The van der Waals surface area contributed by atoms with Crippen LogP contribution >= 0.6 is 11.6 Å². The third-order valence-electron chi connectivity index (χ3n) is 4.67. The molecule has 0 spiro atoms. The summed E-state index contributed by atoms with van der Waals surface area (Å²) in [7, 11) is 2.90. The zero-order valence-electron chi connectivity index (χ0n) is 17.0. The highest BCUT2D eigenvalue weighted by atomic mass is 35.5. The topological polar surface area (TPSA) is 99.8 Å². The van der Waals surface area contributed by atoms with Crippen LogP contribution in [-0.2, 0) is 11.3 Å². The lowest BCUT2D eigenvalue weighted by Crippen LogP contribution is -2.30. The number of methoxy groups -OCH3 is 2. The number of hydrogen-bond donors (Lipinski definition) is 1. The quantitative estimate of drug-likeness (QED) is 0.478. The highest BCUT2D eigenvalue weighted by Crippen LogP contribution is 2.35. The van der Waals surface area contributed by atoms with Gasteiger partial charge >= 0.3 is 0 Å². The number of halogens is 2. The lowest BCUT2D eigenvalue weighted by molar-refractivity contribution is -0.117. The molecule has 0 aliphatic carbocycles. The van der Waals surface area contributed by atoms with Gasteiger partial charge in [0.1, 0.15) is 35.7 Å². The molecule has 32 heavy (non-hydrogen) atoms. The summed E-state index contributed by atoms with van der Waals surface area (Å²) >= 11 is 6.12. The third-order valence-corrected chi connectivity index (χ3v) is 4.97.